The summed E-state index contributed by atoms with van der Waals surface area (Å²) in [5.74, 6) is -0.654. The van der Waals surface area contributed by atoms with Gasteiger partial charge in [0.05, 0.1) is 18.7 Å². The molecule has 0 bridgehead atoms. The molecular formula is C14H15NO3. The fourth-order valence-electron chi connectivity index (χ4n) is 2.07. The van der Waals surface area contributed by atoms with Gasteiger partial charge in [0.25, 0.3) is 0 Å². The molecule has 4 heteroatoms. The largest absolute Gasteiger partial charge is 0.497 e. The van der Waals surface area contributed by atoms with Crippen LogP contribution >= 0.6 is 0 Å². The van der Waals surface area contributed by atoms with E-state index in [4.69, 9.17) is 4.74 Å². The molecule has 1 N–H and O–H groups in total. The van der Waals surface area contributed by atoms with Crippen LogP contribution in [0.25, 0.3) is 10.8 Å². The van der Waals surface area contributed by atoms with E-state index in [-0.39, 0.29) is 0 Å². The number of carbonyl (C=O) groups is 1. The maximum absolute atomic E-state index is 11.2. The first-order chi connectivity index (χ1) is 8.67. The highest BCUT2D eigenvalue weighted by Gasteiger charge is 2.21. The summed E-state index contributed by atoms with van der Waals surface area (Å²) in [6.07, 6.45) is 2.16. The van der Waals surface area contributed by atoms with Crippen LogP contribution in [0.4, 0.5) is 0 Å². The Bertz CT molecular complexity index is 580. The minimum absolute atomic E-state index is 0.521. The van der Waals surface area contributed by atoms with Crippen LogP contribution in [0.3, 0.4) is 0 Å². The van der Waals surface area contributed by atoms with Crippen molar-refractivity contribution in [3.63, 3.8) is 0 Å². The number of aliphatic carboxylic acids is 1. The number of carboxylic acid groups (broad SMARTS) is 1. The molecule has 0 amide bonds. The summed E-state index contributed by atoms with van der Waals surface area (Å²) in [5.41, 5.74) is 0.616. The zero-order valence-electron chi connectivity index (χ0n) is 10.4. The van der Waals surface area contributed by atoms with Crippen molar-refractivity contribution in [1.82, 2.24) is 4.98 Å². The number of benzene rings is 1. The molecule has 0 aliphatic heterocycles. The minimum atomic E-state index is -0.840. The van der Waals surface area contributed by atoms with E-state index in [9.17, 15) is 9.90 Å². The van der Waals surface area contributed by atoms with E-state index >= 15 is 0 Å². The highest BCUT2D eigenvalue weighted by Crippen LogP contribution is 2.28. The number of ether oxygens (including phenoxy) is 1. The van der Waals surface area contributed by atoms with Crippen molar-refractivity contribution < 1.29 is 14.6 Å². The van der Waals surface area contributed by atoms with E-state index in [2.05, 4.69) is 4.98 Å². The van der Waals surface area contributed by atoms with Crippen molar-refractivity contribution in [2.75, 3.05) is 7.11 Å². The Morgan fingerprint density at radius 2 is 2.22 bits per heavy atom. The lowest BCUT2D eigenvalue weighted by molar-refractivity contribution is -0.138. The molecule has 0 fully saturated rings. The average Bonchev–Trinajstić information content (AvgIpc) is 2.38. The minimum Gasteiger partial charge on any atom is -0.497 e. The van der Waals surface area contributed by atoms with E-state index in [0.29, 0.717) is 12.1 Å². The van der Waals surface area contributed by atoms with Crippen molar-refractivity contribution in [3.05, 3.63) is 36.2 Å². The van der Waals surface area contributed by atoms with Crippen LogP contribution < -0.4 is 4.74 Å². The van der Waals surface area contributed by atoms with Crippen LogP contribution in [0.5, 0.6) is 5.75 Å². The Kier molecular flexibility index (Phi) is 3.46. The smallest absolute Gasteiger partial charge is 0.312 e. The fraction of sp³-hybridized carbons (Fsp3) is 0.286. The Labute approximate surface area is 105 Å². The molecule has 4 nitrogen and oxygen atoms in total. The number of methoxy groups -OCH3 is 1. The molecule has 0 saturated heterocycles. The van der Waals surface area contributed by atoms with E-state index in [0.717, 1.165) is 16.5 Å². The molecule has 0 saturated carbocycles. The third-order valence-corrected chi connectivity index (χ3v) is 3.04. The van der Waals surface area contributed by atoms with Gasteiger partial charge in [0, 0.05) is 11.6 Å². The number of hydrogen-bond acceptors (Lipinski definition) is 3. The fourth-order valence-corrected chi connectivity index (χ4v) is 2.07. The van der Waals surface area contributed by atoms with Crippen LogP contribution in [0.1, 0.15) is 25.0 Å². The predicted octanol–water partition coefficient (Wildman–Crippen LogP) is 2.82. The summed E-state index contributed by atoms with van der Waals surface area (Å²) in [5, 5.41) is 11.0. The highest BCUT2D eigenvalue weighted by atomic mass is 16.5. The standard InChI is InChI=1S/C14H15NO3/c1-3-11(14(16)17)13-12-5-4-10(18-2)8-9(12)6-7-15-13/h4-8,11H,3H2,1-2H3,(H,16,17). The van der Waals surface area contributed by atoms with Crippen molar-refractivity contribution >= 4 is 16.7 Å². The van der Waals surface area contributed by atoms with Gasteiger partial charge in [-0.2, -0.15) is 0 Å². The molecule has 2 rings (SSSR count). The third-order valence-electron chi connectivity index (χ3n) is 3.04. The van der Waals surface area contributed by atoms with Crippen LogP contribution in [0.15, 0.2) is 30.5 Å². The lowest BCUT2D eigenvalue weighted by Gasteiger charge is -2.12. The molecule has 94 valence electrons. The maximum Gasteiger partial charge on any atom is 0.312 e. The zero-order valence-corrected chi connectivity index (χ0v) is 10.4. The number of fused-ring (bicyclic) bond motifs is 1. The Balaban J connectivity index is 2.61. The van der Waals surface area contributed by atoms with Crippen molar-refractivity contribution in [2.45, 2.75) is 19.3 Å². The molecule has 1 heterocycles. The van der Waals surface area contributed by atoms with E-state index in [1.165, 1.54) is 0 Å². The van der Waals surface area contributed by atoms with E-state index in [1.807, 2.05) is 31.2 Å². The Morgan fingerprint density at radius 1 is 1.44 bits per heavy atom. The zero-order chi connectivity index (χ0) is 13.1. The van der Waals surface area contributed by atoms with Gasteiger partial charge in [0.1, 0.15) is 5.75 Å². The summed E-state index contributed by atoms with van der Waals surface area (Å²) in [4.78, 5) is 15.5. The molecule has 1 atom stereocenters. The summed E-state index contributed by atoms with van der Waals surface area (Å²) in [6, 6.07) is 7.43. The summed E-state index contributed by atoms with van der Waals surface area (Å²) in [7, 11) is 1.61. The van der Waals surface area contributed by atoms with Crippen molar-refractivity contribution in [2.24, 2.45) is 0 Å². The molecule has 18 heavy (non-hydrogen) atoms. The SMILES string of the molecule is CCC(C(=O)O)c1nccc2cc(OC)ccc12. The Hall–Kier alpha value is -2.10. The number of rotatable bonds is 4. The van der Waals surface area contributed by atoms with Crippen LogP contribution in [0, 0.1) is 0 Å². The number of carboxylic acids is 1. The number of pyridine rings is 1. The number of nitrogens with zero attached hydrogens (tertiary/aromatic N) is 1. The van der Waals surface area contributed by atoms with E-state index < -0.39 is 11.9 Å². The molecule has 0 radical (unpaired) electrons. The van der Waals surface area contributed by atoms with Crippen LogP contribution in [-0.2, 0) is 4.79 Å². The van der Waals surface area contributed by atoms with Crippen molar-refractivity contribution in [3.8, 4) is 5.75 Å². The monoisotopic (exact) mass is 245 g/mol. The lowest BCUT2D eigenvalue weighted by Crippen LogP contribution is -2.12. The van der Waals surface area contributed by atoms with Gasteiger partial charge < -0.3 is 9.84 Å². The molecule has 0 aliphatic rings. The summed E-state index contributed by atoms with van der Waals surface area (Å²) < 4.78 is 5.16. The molecule has 1 aromatic heterocycles. The van der Waals surface area contributed by atoms with Gasteiger partial charge in [-0.05, 0) is 36.1 Å². The van der Waals surface area contributed by atoms with Gasteiger partial charge in [-0.15, -0.1) is 0 Å². The van der Waals surface area contributed by atoms with Crippen molar-refractivity contribution in [1.29, 1.82) is 0 Å². The molecule has 1 unspecified atom stereocenters. The lowest BCUT2D eigenvalue weighted by atomic mass is 9.97. The second-order valence-electron chi connectivity index (χ2n) is 4.08. The molecule has 2 aromatic rings. The molecular weight excluding hydrogens is 230 g/mol. The second kappa shape index (κ2) is 5.04. The van der Waals surface area contributed by atoms with Gasteiger partial charge in [-0.1, -0.05) is 6.92 Å². The molecule has 1 aromatic carbocycles. The topological polar surface area (TPSA) is 59.4 Å². The third kappa shape index (κ3) is 2.14. The number of hydrogen-bond donors (Lipinski definition) is 1. The average molecular weight is 245 g/mol. The first-order valence-corrected chi connectivity index (χ1v) is 5.82. The van der Waals surface area contributed by atoms with Gasteiger partial charge >= 0.3 is 5.97 Å². The highest BCUT2D eigenvalue weighted by molar-refractivity contribution is 5.90. The number of aromatic nitrogens is 1. The van der Waals surface area contributed by atoms with Gasteiger partial charge in [0.15, 0.2) is 0 Å². The maximum atomic E-state index is 11.2. The normalized spacial score (nSPS) is 12.3. The summed E-state index contributed by atoms with van der Waals surface area (Å²) >= 11 is 0. The molecule has 0 spiro atoms. The van der Waals surface area contributed by atoms with Gasteiger partial charge in [-0.25, -0.2) is 0 Å². The van der Waals surface area contributed by atoms with Crippen LogP contribution in [0.2, 0.25) is 0 Å². The first kappa shape index (κ1) is 12.4. The first-order valence-electron chi connectivity index (χ1n) is 5.82. The van der Waals surface area contributed by atoms with Crippen LogP contribution in [-0.4, -0.2) is 23.2 Å². The van der Waals surface area contributed by atoms with E-state index in [1.54, 1.807) is 13.3 Å². The Morgan fingerprint density at radius 3 is 2.83 bits per heavy atom. The van der Waals surface area contributed by atoms with Gasteiger partial charge in [0.2, 0.25) is 0 Å². The predicted molar refractivity (Wildman–Crippen MR) is 69.0 cm³/mol. The summed E-state index contributed by atoms with van der Waals surface area (Å²) in [6.45, 7) is 1.85. The quantitative estimate of drug-likeness (QED) is 0.899. The second-order valence-corrected chi connectivity index (χ2v) is 4.08. The van der Waals surface area contributed by atoms with Gasteiger partial charge in [-0.3, -0.25) is 9.78 Å². The molecule has 0 aliphatic carbocycles.